The normalized spacial score (nSPS) is 21.0. The van der Waals surface area contributed by atoms with Crippen LogP contribution in [0.4, 0.5) is 5.82 Å². The van der Waals surface area contributed by atoms with Gasteiger partial charge in [0.2, 0.25) is 0 Å². The minimum absolute atomic E-state index is 0.101. The van der Waals surface area contributed by atoms with Crippen molar-refractivity contribution in [1.29, 1.82) is 0 Å². The highest BCUT2D eigenvalue weighted by Crippen LogP contribution is 2.37. The van der Waals surface area contributed by atoms with Gasteiger partial charge in [0, 0.05) is 12.5 Å². The fourth-order valence-electron chi connectivity index (χ4n) is 4.21. The van der Waals surface area contributed by atoms with Gasteiger partial charge in [0.05, 0.1) is 18.8 Å². The maximum absolute atomic E-state index is 11.0. The molecule has 0 radical (unpaired) electrons. The number of benzene rings is 1. The average molecular weight is 430 g/mol. The van der Waals surface area contributed by atoms with E-state index < -0.39 is 10.3 Å². The first-order valence-electron chi connectivity index (χ1n) is 9.86. The molecule has 10 nitrogen and oxygen atoms in total. The molecule has 3 heterocycles. The molecule has 0 unspecified atom stereocenters. The summed E-state index contributed by atoms with van der Waals surface area (Å²) in [5.74, 6) is 2.36. The second kappa shape index (κ2) is 7.49. The maximum Gasteiger partial charge on any atom is 0.333 e. The zero-order valence-electron chi connectivity index (χ0n) is 16.2. The summed E-state index contributed by atoms with van der Waals surface area (Å²) in [7, 11) is -3.91. The van der Waals surface area contributed by atoms with Gasteiger partial charge >= 0.3 is 10.3 Å². The minimum Gasteiger partial charge on any atom is -0.492 e. The number of fused-ring (bicyclic) bond motifs is 2. The number of imidazole rings is 1. The molecule has 1 saturated carbocycles. The van der Waals surface area contributed by atoms with Crippen LogP contribution in [0.1, 0.15) is 24.8 Å². The first kappa shape index (κ1) is 19.2. The lowest BCUT2D eigenvalue weighted by Gasteiger charge is -2.14. The molecule has 30 heavy (non-hydrogen) atoms. The van der Waals surface area contributed by atoms with Crippen LogP contribution in [-0.4, -0.2) is 47.6 Å². The van der Waals surface area contributed by atoms with Crippen molar-refractivity contribution in [2.75, 3.05) is 18.5 Å². The molecule has 1 aromatic carbocycles. The molecule has 3 aromatic rings. The van der Waals surface area contributed by atoms with E-state index in [0.29, 0.717) is 23.9 Å². The van der Waals surface area contributed by atoms with E-state index >= 15 is 0 Å². The van der Waals surface area contributed by atoms with Crippen LogP contribution in [-0.2, 0) is 20.9 Å². The highest BCUT2D eigenvalue weighted by molar-refractivity contribution is 7.84. The monoisotopic (exact) mass is 430 g/mol. The van der Waals surface area contributed by atoms with Gasteiger partial charge in [-0.15, -0.1) is 0 Å². The van der Waals surface area contributed by atoms with Crippen LogP contribution in [0.5, 0.6) is 5.75 Å². The minimum atomic E-state index is -3.91. The fourth-order valence-corrected chi connectivity index (χ4v) is 4.59. The van der Waals surface area contributed by atoms with Crippen molar-refractivity contribution in [2.45, 2.75) is 31.7 Å². The Morgan fingerprint density at radius 2 is 2.20 bits per heavy atom. The molecule has 158 valence electrons. The number of rotatable bonds is 6. The Morgan fingerprint density at radius 3 is 3.07 bits per heavy atom. The Labute approximate surface area is 173 Å². The summed E-state index contributed by atoms with van der Waals surface area (Å²) in [5, 5.41) is 8.35. The number of H-pyrrole nitrogens is 1. The second-order valence-electron chi connectivity index (χ2n) is 7.70. The largest absolute Gasteiger partial charge is 0.492 e. The molecule has 2 aliphatic rings. The van der Waals surface area contributed by atoms with E-state index in [1.807, 2.05) is 12.1 Å². The summed E-state index contributed by atoms with van der Waals surface area (Å²) in [6, 6.07) is 6.20. The lowest BCUT2D eigenvalue weighted by Crippen LogP contribution is -2.21. The molecule has 1 aliphatic heterocycles. The maximum atomic E-state index is 11.0. The van der Waals surface area contributed by atoms with Gasteiger partial charge in [-0.1, -0.05) is 12.1 Å². The molecular formula is C19H22N6O4S. The number of hydrogen-bond donors (Lipinski definition) is 3. The van der Waals surface area contributed by atoms with Crippen molar-refractivity contribution >= 4 is 27.3 Å². The van der Waals surface area contributed by atoms with E-state index in [-0.39, 0.29) is 18.6 Å². The molecule has 2 atom stereocenters. The molecule has 5 rings (SSSR count). The van der Waals surface area contributed by atoms with E-state index in [4.69, 9.17) is 14.1 Å². The number of para-hydroxylation sites is 1. The number of nitrogens with one attached hydrogen (secondary N) is 2. The standard InChI is InChI=1S/C19H22N6O4S/c20-30(26,27)29-9-11-4-5-13(8-11)23-18-15-19(22-10-21-18)25-17(24-15)14-3-1-2-12-6-7-28-16(12)14/h1-3,10-11,13H,4-9H2,(H2,20,26,27)(H2,21,22,23,24,25)/t11-,13-/m0/s1. The SMILES string of the molecule is NS(=O)(=O)OC[C@H]1CC[C@H](Nc2ncnc3nc(-c4cccc5c4OCC5)[nH]c23)C1. The van der Waals surface area contributed by atoms with Crippen molar-refractivity contribution in [1.82, 2.24) is 19.9 Å². The molecule has 0 bridgehead atoms. The molecule has 0 saturated heterocycles. The van der Waals surface area contributed by atoms with E-state index in [1.54, 1.807) is 0 Å². The van der Waals surface area contributed by atoms with Crippen LogP contribution < -0.4 is 15.2 Å². The highest BCUT2D eigenvalue weighted by Gasteiger charge is 2.27. The van der Waals surface area contributed by atoms with E-state index in [1.165, 1.54) is 11.9 Å². The third-order valence-electron chi connectivity index (χ3n) is 5.61. The lowest BCUT2D eigenvalue weighted by atomic mass is 10.1. The summed E-state index contributed by atoms with van der Waals surface area (Å²) in [6.07, 6.45) is 4.88. The van der Waals surface area contributed by atoms with Crippen LogP contribution in [0, 0.1) is 5.92 Å². The molecule has 4 N–H and O–H groups in total. The Bertz CT molecular complexity index is 1190. The number of aromatic amines is 1. The Balaban J connectivity index is 1.36. The van der Waals surface area contributed by atoms with Crippen LogP contribution >= 0.6 is 0 Å². The molecule has 2 aromatic heterocycles. The van der Waals surface area contributed by atoms with Crippen molar-refractivity contribution in [3.8, 4) is 17.1 Å². The van der Waals surface area contributed by atoms with Gasteiger partial charge in [-0.25, -0.2) is 20.1 Å². The second-order valence-corrected chi connectivity index (χ2v) is 8.92. The van der Waals surface area contributed by atoms with Crippen molar-refractivity contribution in [2.24, 2.45) is 11.1 Å². The summed E-state index contributed by atoms with van der Waals surface area (Å²) >= 11 is 0. The van der Waals surface area contributed by atoms with Crippen LogP contribution in [0.2, 0.25) is 0 Å². The predicted octanol–water partition coefficient (Wildman–Crippen LogP) is 1.76. The lowest BCUT2D eigenvalue weighted by molar-refractivity contribution is 0.256. The smallest absolute Gasteiger partial charge is 0.333 e. The molecule has 11 heteroatoms. The number of aromatic nitrogens is 4. The third-order valence-corrected chi connectivity index (χ3v) is 6.07. The number of ether oxygens (including phenoxy) is 1. The summed E-state index contributed by atoms with van der Waals surface area (Å²) < 4.78 is 32.5. The zero-order chi connectivity index (χ0) is 20.7. The van der Waals surface area contributed by atoms with Crippen molar-refractivity contribution < 1.29 is 17.3 Å². The zero-order valence-corrected chi connectivity index (χ0v) is 17.0. The first-order valence-corrected chi connectivity index (χ1v) is 11.3. The van der Waals surface area contributed by atoms with Gasteiger partial charge in [-0.3, -0.25) is 4.18 Å². The van der Waals surface area contributed by atoms with Gasteiger partial charge in [0.15, 0.2) is 11.5 Å². The molecule has 1 aliphatic carbocycles. The summed E-state index contributed by atoms with van der Waals surface area (Å²) in [6.45, 7) is 0.778. The Hall–Kier alpha value is -2.76. The van der Waals surface area contributed by atoms with Gasteiger partial charge < -0.3 is 15.0 Å². The Kier molecular flexibility index (Phi) is 4.80. The van der Waals surface area contributed by atoms with Crippen LogP contribution in [0.3, 0.4) is 0 Å². The topological polar surface area (TPSA) is 145 Å². The Morgan fingerprint density at radius 1 is 1.30 bits per heavy atom. The first-order chi connectivity index (χ1) is 14.5. The molecule has 1 fully saturated rings. The summed E-state index contributed by atoms with van der Waals surface area (Å²) in [4.78, 5) is 16.7. The van der Waals surface area contributed by atoms with E-state index in [2.05, 4.69) is 31.3 Å². The highest BCUT2D eigenvalue weighted by atomic mass is 32.2. The van der Waals surface area contributed by atoms with Crippen molar-refractivity contribution in [3.05, 3.63) is 30.1 Å². The molecular weight excluding hydrogens is 408 g/mol. The molecule has 0 amide bonds. The fraction of sp³-hybridized carbons (Fsp3) is 0.421. The van der Waals surface area contributed by atoms with E-state index in [0.717, 1.165) is 42.5 Å². The average Bonchev–Trinajstić information content (AvgIpc) is 3.44. The number of nitrogens with zero attached hydrogens (tertiary/aromatic N) is 3. The van der Waals surface area contributed by atoms with Gasteiger partial charge in [0.25, 0.3) is 0 Å². The van der Waals surface area contributed by atoms with Gasteiger partial charge in [-0.2, -0.15) is 8.42 Å². The predicted molar refractivity (Wildman–Crippen MR) is 110 cm³/mol. The number of anilines is 1. The van der Waals surface area contributed by atoms with Gasteiger partial charge in [0.1, 0.15) is 23.4 Å². The third kappa shape index (κ3) is 3.83. The van der Waals surface area contributed by atoms with E-state index in [9.17, 15) is 8.42 Å². The summed E-state index contributed by atoms with van der Waals surface area (Å²) in [5.41, 5.74) is 3.39. The molecule has 0 spiro atoms. The number of nitrogens with two attached hydrogens (primary N) is 1. The van der Waals surface area contributed by atoms with Crippen molar-refractivity contribution in [3.63, 3.8) is 0 Å². The van der Waals surface area contributed by atoms with Crippen LogP contribution in [0.25, 0.3) is 22.6 Å². The van der Waals surface area contributed by atoms with Gasteiger partial charge in [-0.05, 0) is 36.8 Å². The quantitative estimate of drug-likeness (QED) is 0.536. The van der Waals surface area contributed by atoms with Crippen LogP contribution in [0.15, 0.2) is 24.5 Å². The number of hydrogen-bond acceptors (Lipinski definition) is 8.